The first-order chi connectivity index (χ1) is 17.7. The highest BCUT2D eigenvalue weighted by Crippen LogP contribution is 2.40. The summed E-state index contributed by atoms with van der Waals surface area (Å²) in [5.41, 5.74) is 7.73. The Labute approximate surface area is 222 Å². The van der Waals surface area contributed by atoms with E-state index in [0.29, 0.717) is 46.8 Å². The van der Waals surface area contributed by atoms with Crippen molar-refractivity contribution < 1.29 is 14.3 Å². The van der Waals surface area contributed by atoms with E-state index in [-0.39, 0.29) is 23.0 Å². The topological polar surface area (TPSA) is 136 Å². The molecule has 5 rings (SSSR count). The van der Waals surface area contributed by atoms with Crippen LogP contribution in [-0.4, -0.2) is 49.7 Å². The highest BCUT2D eigenvalue weighted by Gasteiger charge is 2.38. The Kier molecular flexibility index (Phi) is 6.59. The number of hydrogen-bond donors (Lipinski definition) is 2. The Balaban J connectivity index is 1.50. The lowest BCUT2D eigenvalue weighted by atomic mass is 9.92. The van der Waals surface area contributed by atoms with Crippen LogP contribution in [0, 0.1) is 5.41 Å². The van der Waals surface area contributed by atoms with Crippen molar-refractivity contribution in [3.05, 3.63) is 40.3 Å². The van der Waals surface area contributed by atoms with E-state index in [1.54, 1.807) is 11.1 Å². The fourth-order valence-electron chi connectivity index (χ4n) is 4.37. The third-order valence-corrected chi connectivity index (χ3v) is 7.70. The molecule has 4 heterocycles. The van der Waals surface area contributed by atoms with Gasteiger partial charge in [-0.05, 0) is 36.6 Å². The number of fused-ring (bicyclic) bond motifs is 3. The maximum atomic E-state index is 12.7. The highest BCUT2D eigenvalue weighted by molar-refractivity contribution is 7.21. The summed E-state index contributed by atoms with van der Waals surface area (Å²) in [5, 5.41) is 4.13. The van der Waals surface area contributed by atoms with E-state index in [1.165, 1.54) is 17.5 Å². The lowest BCUT2D eigenvalue weighted by Crippen LogP contribution is -2.30. The van der Waals surface area contributed by atoms with Crippen molar-refractivity contribution in [2.45, 2.75) is 40.2 Å². The number of likely N-dealkylation sites (tertiary alicyclic amines) is 1. The van der Waals surface area contributed by atoms with Gasteiger partial charge in [-0.15, -0.1) is 11.3 Å². The van der Waals surface area contributed by atoms with Crippen LogP contribution in [0.25, 0.3) is 21.1 Å². The lowest BCUT2D eigenvalue weighted by molar-refractivity contribution is -0.135. The van der Waals surface area contributed by atoms with Gasteiger partial charge < -0.3 is 20.7 Å². The molecule has 0 radical (unpaired) electrons. The summed E-state index contributed by atoms with van der Waals surface area (Å²) in [7, 11) is 0. The number of nitrogens with one attached hydrogen (secondary N) is 1. The number of anilines is 1. The SMILES string of the molecule is CCCNc1c(C(N)=O)sc2ccc3nc(Oc4nc(Cl)ncc4CN4CCC(C)(C)C4=O)cnc3c12. The molecule has 10 nitrogen and oxygen atoms in total. The molecule has 12 heteroatoms. The number of rotatable bonds is 8. The van der Waals surface area contributed by atoms with E-state index in [0.717, 1.165) is 22.9 Å². The molecule has 2 amide bonds. The second-order valence-electron chi connectivity index (χ2n) is 9.54. The minimum atomic E-state index is -0.492. The highest BCUT2D eigenvalue weighted by atomic mass is 35.5. The Hall–Kier alpha value is -3.57. The maximum absolute atomic E-state index is 12.7. The number of aromatic nitrogens is 4. The molecule has 3 aromatic heterocycles. The quantitative estimate of drug-likeness (QED) is 0.306. The third-order valence-electron chi connectivity index (χ3n) is 6.35. The number of halogens is 1. The van der Waals surface area contributed by atoms with E-state index in [2.05, 4.69) is 25.3 Å². The second-order valence-corrected chi connectivity index (χ2v) is 10.9. The Morgan fingerprint density at radius 1 is 1.27 bits per heavy atom. The molecule has 0 atom stereocenters. The number of thiophene rings is 1. The molecule has 0 saturated carbocycles. The molecular formula is C25H26ClN7O3S. The largest absolute Gasteiger partial charge is 0.418 e. The zero-order valence-corrected chi connectivity index (χ0v) is 22.2. The smallest absolute Gasteiger partial charge is 0.260 e. The van der Waals surface area contributed by atoms with E-state index >= 15 is 0 Å². The van der Waals surface area contributed by atoms with Gasteiger partial charge >= 0.3 is 0 Å². The number of carbonyl (C=O) groups excluding carboxylic acids is 2. The van der Waals surface area contributed by atoms with Crippen molar-refractivity contribution in [3.8, 4) is 11.8 Å². The van der Waals surface area contributed by atoms with Crippen LogP contribution in [0.5, 0.6) is 11.8 Å². The molecule has 0 aliphatic carbocycles. The minimum Gasteiger partial charge on any atom is -0.418 e. The molecule has 1 fully saturated rings. The number of primary amides is 1. The number of hydrogen-bond acceptors (Lipinski definition) is 9. The molecule has 0 unspecified atom stereocenters. The van der Waals surface area contributed by atoms with Crippen molar-refractivity contribution in [2.75, 3.05) is 18.4 Å². The van der Waals surface area contributed by atoms with E-state index in [4.69, 9.17) is 22.1 Å². The summed E-state index contributed by atoms with van der Waals surface area (Å²) in [5.74, 6) is 0.00357. The zero-order valence-electron chi connectivity index (χ0n) is 20.7. The number of nitrogens with two attached hydrogens (primary N) is 1. The van der Waals surface area contributed by atoms with Gasteiger partial charge in [0.2, 0.25) is 23.0 Å². The Morgan fingerprint density at radius 2 is 2.08 bits per heavy atom. The lowest BCUT2D eigenvalue weighted by Gasteiger charge is -2.20. The third kappa shape index (κ3) is 4.76. The summed E-state index contributed by atoms with van der Waals surface area (Å²) in [6.07, 6.45) is 4.71. The number of amides is 2. The Morgan fingerprint density at radius 3 is 2.78 bits per heavy atom. The normalized spacial score (nSPS) is 15.0. The molecule has 192 valence electrons. The van der Waals surface area contributed by atoms with Gasteiger partial charge in [0.05, 0.1) is 35.0 Å². The number of carbonyl (C=O) groups is 2. The standard InChI is InChI=1S/C25H26ClN7O3S/c1-4-8-28-19-17-15(37-20(19)21(27)34)6-5-14-18(17)29-11-16(31-14)36-22-13(10-30-24(26)32-22)12-33-9-7-25(2,3)23(33)35/h5-6,10-11,28H,4,7-9,12H2,1-3H3,(H2,27,34). The van der Waals surface area contributed by atoms with Crippen LogP contribution in [0.3, 0.4) is 0 Å². The van der Waals surface area contributed by atoms with Gasteiger partial charge in [-0.2, -0.15) is 4.98 Å². The monoisotopic (exact) mass is 539 g/mol. The first kappa shape index (κ1) is 25.1. The minimum absolute atomic E-state index is 0.0196. The number of benzene rings is 1. The average Bonchev–Trinajstić information content (AvgIpc) is 3.36. The van der Waals surface area contributed by atoms with Crippen molar-refractivity contribution in [1.82, 2.24) is 24.8 Å². The molecular weight excluding hydrogens is 514 g/mol. The van der Waals surface area contributed by atoms with Gasteiger partial charge in [-0.3, -0.25) is 9.59 Å². The van der Waals surface area contributed by atoms with Crippen LogP contribution in [0.15, 0.2) is 24.5 Å². The van der Waals surface area contributed by atoms with Crippen LogP contribution in [0.4, 0.5) is 5.69 Å². The van der Waals surface area contributed by atoms with Gasteiger partial charge in [0.15, 0.2) is 0 Å². The summed E-state index contributed by atoms with van der Waals surface area (Å²) < 4.78 is 6.89. The molecule has 0 spiro atoms. The van der Waals surface area contributed by atoms with Crippen LogP contribution in [-0.2, 0) is 11.3 Å². The molecule has 1 aliphatic rings. The van der Waals surface area contributed by atoms with Crippen LogP contribution in [0.1, 0.15) is 48.8 Å². The molecule has 4 aromatic rings. The van der Waals surface area contributed by atoms with Gasteiger partial charge in [0.1, 0.15) is 4.88 Å². The predicted octanol–water partition coefficient (Wildman–Crippen LogP) is 4.76. The second kappa shape index (κ2) is 9.71. The molecule has 1 saturated heterocycles. The molecule has 1 aromatic carbocycles. The molecule has 37 heavy (non-hydrogen) atoms. The number of ether oxygens (including phenoxy) is 1. The van der Waals surface area contributed by atoms with Gasteiger partial charge in [0, 0.05) is 34.8 Å². The van der Waals surface area contributed by atoms with Crippen LogP contribution >= 0.6 is 22.9 Å². The summed E-state index contributed by atoms with van der Waals surface area (Å²) in [6, 6.07) is 3.71. The van der Waals surface area contributed by atoms with Crippen molar-refractivity contribution in [1.29, 1.82) is 0 Å². The first-order valence-electron chi connectivity index (χ1n) is 11.9. The van der Waals surface area contributed by atoms with Crippen molar-refractivity contribution in [2.24, 2.45) is 11.1 Å². The van der Waals surface area contributed by atoms with Gasteiger partial charge in [0.25, 0.3) is 5.91 Å². The molecule has 1 aliphatic heterocycles. The Bertz CT molecular complexity index is 1540. The first-order valence-corrected chi connectivity index (χ1v) is 13.1. The van der Waals surface area contributed by atoms with E-state index < -0.39 is 11.3 Å². The zero-order chi connectivity index (χ0) is 26.3. The van der Waals surface area contributed by atoms with Gasteiger partial charge in [-0.25, -0.2) is 15.0 Å². The summed E-state index contributed by atoms with van der Waals surface area (Å²) >= 11 is 7.38. The molecule has 3 N–H and O–H groups in total. The fourth-order valence-corrected chi connectivity index (χ4v) is 5.53. The number of nitrogens with zero attached hydrogens (tertiary/aromatic N) is 5. The van der Waals surface area contributed by atoms with Gasteiger partial charge in [-0.1, -0.05) is 20.8 Å². The van der Waals surface area contributed by atoms with Crippen molar-refractivity contribution in [3.63, 3.8) is 0 Å². The van der Waals surface area contributed by atoms with E-state index in [1.807, 2.05) is 32.9 Å². The van der Waals surface area contributed by atoms with Crippen LogP contribution < -0.4 is 15.8 Å². The summed E-state index contributed by atoms with van der Waals surface area (Å²) in [6.45, 7) is 7.55. The fraction of sp³-hybridized carbons (Fsp3) is 0.360. The summed E-state index contributed by atoms with van der Waals surface area (Å²) in [4.78, 5) is 44.6. The van der Waals surface area contributed by atoms with E-state index in [9.17, 15) is 9.59 Å². The maximum Gasteiger partial charge on any atom is 0.260 e. The van der Waals surface area contributed by atoms with Crippen LogP contribution in [0.2, 0.25) is 5.28 Å². The molecule has 0 bridgehead atoms. The predicted molar refractivity (Wildman–Crippen MR) is 143 cm³/mol. The van der Waals surface area contributed by atoms with Crippen molar-refractivity contribution >= 4 is 61.6 Å². The average molecular weight is 540 g/mol.